The zero-order valence-corrected chi connectivity index (χ0v) is 17.4. The lowest BCUT2D eigenvalue weighted by atomic mass is 9.90. The van der Waals surface area contributed by atoms with Crippen molar-refractivity contribution < 1.29 is 9.18 Å². The van der Waals surface area contributed by atoms with Crippen LogP contribution in [0.4, 0.5) is 4.39 Å². The van der Waals surface area contributed by atoms with E-state index in [0.29, 0.717) is 25.3 Å². The van der Waals surface area contributed by atoms with Crippen molar-refractivity contribution in [3.05, 3.63) is 63.6 Å². The highest BCUT2D eigenvalue weighted by Crippen LogP contribution is 2.23. The van der Waals surface area contributed by atoms with Crippen molar-refractivity contribution in [3.63, 3.8) is 0 Å². The molecule has 156 valence electrons. The maximum absolute atomic E-state index is 13.7. The SMILES string of the molecule is Cc1cc(C)n(CCCC(=O)N2CCC(CCc3ccccc3F)CC2)c(=O)n1. The first-order chi connectivity index (χ1) is 13.9. The molecule has 1 aromatic carbocycles. The molecule has 1 aliphatic heterocycles. The van der Waals surface area contributed by atoms with E-state index in [1.54, 1.807) is 10.6 Å². The van der Waals surface area contributed by atoms with Crippen molar-refractivity contribution in [2.24, 2.45) is 5.92 Å². The summed E-state index contributed by atoms with van der Waals surface area (Å²) in [5, 5.41) is 0. The van der Waals surface area contributed by atoms with Gasteiger partial charge in [0.1, 0.15) is 5.82 Å². The molecule has 0 spiro atoms. The molecule has 0 N–H and O–H groups in total. The van der Waals surface area contributed by atoms with E-state index in [2.05, 4.69) is 4.98 Å². The van der Waals surface area contributed by atoms with Crippen LogP contribution in [0.5, 0.6) is 0 Å². The quantitative estimate of drug-likeness (QED) is 0.714. The Morgan fingerprint density at radius 2 is 1.93 bits per heavy atom. The lowest BCUT2D eigenvalue weighted by Gasteiger charge is -2.32. The second-order valence-electron chi connectivity index (χ2n) is 8.03. The molecule has 0 atom stereocenters. The largest absolute Gasteiger partial charge is 0.347 e. The van der Waals surface area contributed by atoms with Crippen LogP contribution >= 0.6 is 0 Å². The Hall–Kier alpha value is -2.50. The molecule has 0 saturated carbocycles. The number of nitrogens with zero attached hydrogens (tertiary/aromatic N) is 3. The molecule has 1 aliphatic rings. The van der Waals surface area contributed by atoms with Gasteiger partial charge in [0.05, 0.1) is 0 Å². The van der Waals surface area contributed by atoms with Gasteiger partial charge in [-0.05, 0) is 69.6 Å². The van der Waals surface area contributed by atoms with E-state index in [9.17, 15) is 14.0 Å². The van der Waals surface area contributed by atoms with Crippen molar-refractivity contribution in [3.8, 4) is 0 Å². The third-order valence-corrected chi connectivity index (χ3v) is 5.87. The fourth-order valence-corrected chi connectivity index (χ4v) is 4.12. The first kappa shape index (κ1) is 21.2. The Balaban J connectivity index is 1.40. The van der Waals surface area contributed by atoms with Gasteiger partial charge in [-0.3, -0.25) is 9.36 Å². The van der Waals surface area contributed by atoms with Gasteiger partial charge in [0.25, 0.3) is 0 Å². The van der Waals surface area contributed by atoms with Gasteiger partial charge in [0.15, 0.2) is 0 Å². The topological polar surface area (TPSA) is 55.2 Å². The molecule has 1 aromatic heterocycles. The number of aromatic nitrogens is 2. The monoisotopic (exact) mass is 399 g/mol. The van der Waals surface area contributed by atoms with Crippen molar-refractivity contribution >= 4 is 5.91 Å². The normalized spacial score (nSPS) is 14.9. The summed E-state index contributed by atoms with van der Waals surface area (Å²) in [6.45, 7) is 5.76. The molecule has 2 heterocycles. The number of benzene rings is 1. The zero-order valence-electron chi connectivity index (χ0n) is 17.4. The van der Waals surface area contributed by atoms with Crippen LogP contribution in [0, 0.1) is 25.6 Å². The molecular weight excluding hydrogens is 369 g/mol. The van der Waals surface area contributed by atoms with Crippen LogP contribution in [0.25, 0.3) is 0 Å². The second kappa shape index (κ2) is 9.81. The number of halogens is 1. The number of piperidine rings is 1. The predicted octanol–water partition coefficient (Wildman–Crippen LogP) is 3.65. The Kier molecular flexibility index (Phi) is 7.18. The van der Waals surface area contributed by atoms with E-state index in [0.717, 1.165) is 55.7 Å². The third-order valence-electron chi connectivity index (χ3n) is 5.87. The summed E-state index contributed by atoms with van der Waals surface area (Å²) >= 11 is 0. The summed E-state index contributed by atoms with van der Waals surface area (Å²) in [5.74, 6) is 0.570. The molecule has 0 aliphatic carbocycles. The fourth-order valence-electron chi connectivity index (χ4n) is 4.12. The van der Waals surface area contributed by atoms with E-state index < -0.39 is 0 Å². The minimum atomic E-state index is -0.245. The Labute approximate surface area is 171 Å². The van der Waals surface area contributed by atoms with Crippen LogP contribution in [0.15, 0.2) is 35.1 Å². The van der Waals surface area contributed by atoms with Crippen molar-refractivity contribution in [2.75, 3.05) is 13.1 Å². The smallest absolute Gasteiger partial charge is 0.343 e. The van der Waals surface area contributed by atoms with Crippen molar-refractivity contribution in [2.45, 2.75) is 58.9 Å². The molecule has 1 fully saturated rings. The van der Waals surface area contributed by atoms with Gasteiger partial charge in [-0.2, -0.15) is 4.98 Å². The summed E-state index contributed by atoms with van der Waals surface area (Å²) in [7, 11) is 0. The van der Waals surface area contributed by atoms with Crippen LogP contribution in [-0.4, -0.2) is 33.4 Å². The lowest BCUT2D eigenvalue weighted by Crippen LogP contribution is -2.38. The molecule has 0 unspecified atom stereocenters. The Bertz CT molecular complexity index is 901. The lowest BCUT2D eigenvalue weighted by molar-refractivity contribution is -0.132. The first-order valence-corrected chi connectivity index (χ1v) is 10.5. The van der Waals surface area contributed by atoms with Gasteiger partial charge in [-0.1, -0.05) is 18.2 Å². The van der Waals surface area contributed by atoms with Crippen LogP contribution in [-0.2, 0) is 17.8 Å². The molecule has 2 aromatic rings. The van der Waals surface area contributed by atoms with Gasteiger partial charge in [0, 0.05) is 37.4 Å². The number of aryl methyl sites for hydroxylation is 3. The van der Waals surface area contributed by atoms with E-state index in [-0.39, 0.29) is 17.4 Å². The highest BCUT2D eigenvalue weighted by Gasteiger charge is 2.22. The molecule has 5 nitrogen and oxygen atoms in total. The minimum absolute atomic E-state index is 0.127. The van der Waals surface area contributed by atoms with Crippen LogP contribution in [0.1, 0.15) is 49.1 Å². The van der Waals surface area contributed by atoms with Crippen molar-refractivity contribution in [1.82, 2.24) is 14.5 Å². The molecule has 6 heteroatoms. The summed E-state index contributed by atoms with van der Waals surface area (Å²) < 4.78 is 15.4. The number of hydrogen-bond donors (Lipinski definition) is 0. The van der Waals surface area contributed by atoms with Gasteiger partial charge in [-0.25, -0.2) is 9.18 Å². The molecule has 3 rings (SSSR count). The zero-order chi connectivity index (χ0) is 20.8. The molecule has 1 saturated heterocycles. The molecule has 29 heavy (non-hydrogen) atoms. The number of carbonyl (C=O) groups excluding carboxylic acids is 1. The number of rotatable bonds is 7. The average Bonchev–Trinajstić information content (AvgIpc) is 2.69. The minimum Gasteiger partial charge on any atom is -0.343 e. The van der Waals surface area contributed by atoms with E-state index in [1.165, 1.54) is 6.07 Å². The van der Waals surface area contributed by atoms with Crippen molar-refractivity contribution in [1.29, 1.82) is 0 Å². The van der Waals surface area contributed by atoms with E-state index in [1.807, 2.05) is 36.9 Å². The second-order valence-corrected chi connectivity index (χ2v) is 8.03. The Morgan fingerprint density at radius 1 is 1.21 bits per heavy atom. The Morgan fingerprint density at radius 3 is 2.62 bits per heavy atom. The predicted molar refractivity (Wildman–Crippen MR) is 111 cm³/mol. The van der Waals surface area contributed by atoms with Gasteiger partial charge in [0.2, 0.25) is 5.91 Å². The van der Waals surface area contributed by atoms with E-state index >= 15 is 0 Å². The summed E-state index contributed by atoms with van der Waals surface area (Å²) in [6, 6.07) is 8.84. The first-order valence-electron chi connectivity index (χ1n) is 10.5. The van der Waals surface area contributed by atoms with Gasteiger partial charge >= 0.3 is 5.69 Å². The number of hydrogen-bond acceptors (Lipinski definition) is 3. The van der Waals surface area contributed by atoms with Gasteiger partial charge in [-0.15, -0.1) is 0 Å². The maximum Gasteiger partial charge on any atom is 0.347 e. The van der Waals surface area contributed by atoms with Crippen LogP contribution < -0.4 is 5.69 Å². The number of amides is 1. The molecule has 1 amide bonds. The van der Waals surface area contributed by atoms with Crippen LogP contribution in [0.3, 0.4) is 0 Å². The number of likely N-dealkylation sites (tertiary alicyclic amines) is 1. The maximum atomic E-state index is 13.7. The summed E-state index contributed by atoms with van der Waals surface area (Å²) in [5.41, 5.74) is 2.14. The molecular formula is C23H30FN3O2. The van der Waals surface area contributed by atoms with Crippen LogP contribution in [0.2, 0.25) is 0 Å². The highest BCUT2D eigenvalue weighted by atomic mass is 19.1. The fraction of sp³-hybridized carbons (Fsp3) is 0.522. The van der Waals surface area contributed by atoms with E-state index in [4.69, 9.17) is 0 Å². The molecule has 0 radical (unpaired) electrons. The molecule has 0 bridgehead atoms. The third kappa shape index (κ3) is 5.75. The standard InChI is InChI=1S/C23H30FN3O2/c1-17-16-18(2)27(23(29)25-17)13-5-8-22(28)26-14-11-19(12-15-26)9-10-20-6-3-4-7-21(20)24/h3-4,6-7,16,19H,5,8-15H2,1-2H3. The number of carbonyl (C=O) groups is 1. The average molecular weight is 400 g/mol. The highest BCUT2D eigenvalue weighted by molar-refractivity contribution is 5.76. The summed E-state index contributed by atoms with van der Waals surface area (Å²) in [6.07, 6.45) is 4.74. The van der Waals surface area contributed by atoms with Gasteiger partial charge < -0.3 is 4.90 Å². The summed E-state index contributed by atoms with van der Waals surface area (Å²) in [4.78, 5) is 30.4.